The molecule has 0 saturated carbocycles. The number of hydrogen-bond acceptors (Lipinski definition) is 3. The molecule has 0 aliphatic rings. The van der Waals surface area contributed by atoms with E-state index in [0.717, 1.165) is 21.7 Å². The largest absolute Gasteiger partial charge is 2.00 e. The summed E-state index contributed by atoms with van der Waals surface area (Å²) in [4.78, 5) is 8.86. The Bertz CT molecular complexity index is 1620. The maximum absolute atomic E-state index is 8.10. The van der Waals surface area contributed by atoms with Crippen molar-refractivity contribution in [1.29, 1.82) is 0 Å². The average Bonchev–Trinajstić information content (AvgIpc) is 3.18. The number of ether oxygens (including phenoxy) is 1. The van der Waals surface area contributed by atoms with Gasteiger partial charge in [0.25, 0.3) is 0 Å². The number of fused-ring (bicyclic) bond motifs is 3. The predicted octanol–water partition coefficient (Wildman–Crippen LogP) is 7.82. The summed E-state index contributed by atoms with van der Waals surface area (Å²) in [6, 6.07) is 35.2. The molecule has 3 heterocycles. The Kier molecular flexibility index (Phi) is 5.75. The van der Waals surface area contributed by atoms with Gasteiger partial charge < -0.3 is 4.74 Å². The molecule has 6 aromatic rings. The van der Waals surface area contributed by atoms with E-state index < -0.39 is 7.53 Å². The molecule has 160 valence electrons. The van der Waals surface area contributed by atoms with Crippen LogP contribution in [0.15, 0.2) is 103 Å². The summed E-state index contributed by atoms with van der Waals surface area (Å²) in [5.74, 6) is 1.14. The van der Waals surface area contributed by atoms with Gasteiger partial charge in [-0.25, -0.2) is 16.1 Å². The van der Waals surface area contributed by atoms with Crippen LogP contribution >= 0.6 is 7.53 Å². The first kappa shape index (κ1) is 20.4. The monoisotopic (exact) mass is 624 g/mol. The van der Waals surface area contributed by atoms with Crippen molar-refractivity contribution in [3.63, 3.8) is 0 Å². The topological polar surface area (TPSA) is 35.0 Å². The molecule has 5 heteroatoms. The van der Waals surface area contributed by atoms with E-state index in [1.54, 1.807) is 18.5 Å². The van der Waals surface area contributed by atoms with E-state index in [-0.39, 0.29) is 21.1 Å². The molecular weight excluding hydrogens is 606 g/mol. The van der Waals surface area contributed by atoms with Gasteiger partial charge in [0, 0.05) is 24.2 Å². The molecule has 0 aliphatic carbocycles. The van der Waals surface area contributed by atoms with Crippen LogP contribution in [-0.4, -0.2) is 9.97 Å². The van der Waals surface area contributed by atoms with Crippen LogP contribution in [0.3, 0.4) is 0 Å². The van der Waals surface area contributed by atoms with Crippen LogP contribution in [-0.2, 0) is 21.1 Å². The molecule has 6 rings (SSSR count). The molecule has 0 fully saturated rings. The first-order valence-electron chi connectivity index (χ1n) is 10.8. The second-order valence-corrected chi connectivity index (χ2v) is 9.36. The third-order valence-electron chi connectivity index (χ3n) is 5.31. The summed E-state index contributed by atoms with van der Waals surface area (Å²) in [6.07, 6.45) is 3.42. The SMILES string of the molecule is [2H]c1ccnc(-p2c3[c-]c(-c4[c-]c(Oc5ccccn5)ccc4)ccc3c3ccccc32)c1.[Pt+2]. The number of pyridine rings is 2. The Hall–Kier alpha value is -3.25. The summed E-state index contributed by atoms with van der Waals surface area (Å²) in [7, 11) is -0.884. The number of benzene rings is 3. The van der Waals surface area contributed by atoms with Gasteiger partial charge in [-0.3, -0.25) is 4.98 Å². The molecular formula is C28H17N2OPPt. The van der Waals surface area contributed by atoms with Gasteiger partial charge in [0.05, 0.1) is 6.81 Å². The molecule has 33 heavy (non-hydrogen) atoms. The molecule has 0 bridgehead atoms. The summed E-state index contributed by atoms with van der Waals surface area (Å²) >= 11 is 0. The van der Waals surface area contributed by atoms with Crippen molar-refractivity contribution in [3.8, 4) is 28.2 Å². The number of hydrogen-bond donors (Lipinski definition) is 0. The number of nitrogens with zero attached hydrogens (tertiary/aromatic N) is 2. The minimum Gasteiger partial charge on any atom is -0.460 e. The minimum absolute atomic E-state index is 0. The Balaban J connectivity index is 0.00000241. The molecule has 1 atom stereocenters. The molecule has 0 saturated heterocycles. The third-order valence-corrected chi connectivity index (χ3v) is 7.69. The van der Waals surface area contributed by atoms with Crippen molar-refractivity contribution in [2.24, 2.45) is 0 Å². The molecule has 0 aliphatic heterocycles. The summed E-state index contributed by atoms with van der Waals surface area (Å²) in [5, 5.41) is 4.78. The third kappa shape index (κ3) is 4.11. The van der Waals surface area contributed by atoms with Gasteiger partial charge in [-0.05, 0) is 28.7 Å². The Morgan fingerprint density at radius 2 is 1.58 bits per heavy atom. The van der Waals surface area contributed by atoms with Gasteiger partial charge in [-0.2, -0.15) is 24.3 Å². The smallest absolute Gasteiger partial charge is 0.460 e. The van der Waals surface area contributed by atoms with Crippen molar-refractivity contribution in [3.05, 3.63) is 115 Å². The van der Waals surface area contributed by atoms with Crippen LogP contribution in [0.4, 0.5) is 0 Å². The van der Waals surface area contributed by atoms with Gasteiger partial charge in [-0.1, -0.05) is 54.4 Å². The van der Waals surface area contributed by atoms with Crippen molar-refractivity contribution < 1.29 is 27.2 Å². The quantitative estimate of drug-likeness (QED) is 0.188. The van der Waals surface area contributed by atoms with E-state index in [4.69, 9.17) is 6.11 Å². The molecule has 0 spiro atoms. The van der Waals surface area contributed by atoms with E-state index in [1.807, 2.05) is 42.5 Å². The van der Waals surface area contributed by atoms with Crippen LogP contribution in [0.5, 0.6) is 11.6 Å². The first-order chi connectivity index (χ1) is 16.3. The number of rotatable bonds is 4. The molecule has 3 aromatic heterocycles. The number of aromatic nitrogens is 2. The average molecular weight is 625 g/mol. The van der Waals surface area contributed by atoms with E-state index in [9.17, 15) is 0 Å². The molecule has 0 amide bonds. The molecule has 0 radical (unpaired) electrons. The molecule has 3 aromatic carbocycles. The zero-order valence-corrected chi connectivity index (χ0v) is 20.5. The second-order valence-electron chi connectivity index (χ2n) is 7.30. The van der Waals surface area contributed by atoms with Crippen LogP contribution in [0, 0.1) is 12.1 Å². The van der Waals surface area contributed by atoms with Gasteiger partial charge >= 0.3 is 21.1 Å². The van der Waals surface area contributed by atoms with Crippen LogP contribution < -0.4 is 4.74 Å². The van der Waals surface area contributed by atoms with Crippen LogP contribution in [0.1, 0.15) is 1.37 Å². The zero-order chi connectivity index (χ0) is 22.2. The maximum Gasteiger partial charge on any atom is 2.00 e. The zero-order valence-electron chi connectivity index (χ0n) is 18.3. The van der Waals surface area contributed by atoms with Crippen molar-refractivity contribution in [1.82, 2.24) is 9.97 Å². The van der Waals surface area contributed by atoms with Crippen LogP contribution in [0.2, 0.25) is 0 Å². The predicted molar refractivity (Wildman–Crippen MR) is 131 cm³/mol. The minimum atomic E-state index is -0.884. The van der Waals surface area contributed by atoms with E-state index in [1.165, 1.54) is 15.9 Å². The summed E-state index contributed by atoms with van der Waals surface area (Å²) in [6.45, 7) is 0. The van der Waals surface area contributed by atoms with Crippen molar-refractivity contribution >= 4 is 28.5 Å². The van der Waals surface area contributed by atoms with Gasteiger partial charge in [-0.15, -0.1) is 18.2 Å². The van der Waals surface area contributed by atoms with Gasteiger partial charge in [0.1, 0.15) is 0 Å². The normalized spacial score (nSPS) is 11.8. The fourth-order valence-electron chi connectivity index (χ4n) is 3.91. The Morgan fingerprint density at radius 1 is 0.727 bits per heavy atom. The van der Waals surface area contributed by atoms with Crippen molar-refractivity contribution in [2.45, 2.75) is 0 Å². The van der Waals surface area contributed by atoms with Crippen LogP contribution in [0.25, 0.3) is 37.6 Å². The molecule has 0 N–H and O–H groups in total. The molecule has 1 unspecified atom stereocenters. The first-order valence-corrected chi connectivity index (χ1v) is 11.6. The summed E-state index contributed by atoms with van der Waals surface area (Å²) < 4.78 is 14.0. The van der Waals surface area contributed by atoms with Crippen molar-refractivity contribution in [2.75, 3.05) is 0 Å². The Labute approximate surface area is 208 Å². The summed E-state index contributed by atoms with van der Waals surface area (Å²) in [5.41, 5.74) is 2.77. The van der Waals surface area contributed by atoms with E-state index >= 15 is 0 Å². The maximum atomic E-state index is 8.10. The molecule has 3 nitrogen and oxygen atoms in total. The van der Waals surface area contributed by atoms with E-state index in [0.29, 0.717) is 17.7 Å². The standard InChI is InChI=1S/C28H17N2OP.Pt/c1-2-11-25-23(10-1)24-15-14-21(19-26(24)32(25)28-13-4-6-17-30-28)20-8-7-9-22(18-20)31-27-12-3-5-16-29-27;/h1-17H;/q-2;+2/i4D;. The van der Waals surface area contributed by atoms with Gasteiger partial charge in [0.15, 0.2) is 0 Å². The fraction of sp³-hybridized carbons (Fsp3) is 0. The Morgan fingerprint density at radius 3 is 2.45 bits per heavy atom. The fourth-order valence-corrected chi connectivity index (χ4v) is 6.35. The van der Waals surface area contributed by atoms with E-state index in [2.05, 4.69) is 58.5 Å². The van der Waals surface area contributed by atoms with Gasteiger partial charge in [0.2, 0.25) is 5.88 Å². The second kappa shape index (κ2) is 9.31.